The standard InChI is InChI=1S/C12H14.Hf/c1-8-6-11-9(2)4-5-10(3)12(11)7-8;/h4-6H,7H2,1-3H3;. The zero-order valence-electron chi connectivity index (χ0n) is 8.44. The minimum absolute atomic E-state index is 0. The van der Waals surface area contributed by atoms with E-state index in [4.69, 9.17) is 0 Å². The summed E-state index contributed by atoms with van der Waals surface area (Å²) in [6.07, 6.45) is 3.47. The zero-order valence-corrected chi connectivity index (χ0v) is 12.0. The first-order chi connectivity index (χ1) is 5.68. The number of aryl methyl sites for hydroxylation is 2. The van der Waals surface area contributed by atoms with E-state index in [9.17, 15) is 0 Å². The molecular formula is C12H14Hf. The molecular weight excluding hydrogens is 323 g/mol. The van der Waals surface area contributed by atoms with E-state index in [2.05, 4.69) is 39.0 Å². The van der Waals surface area contributed by atoms with Gasteiger partial charge in [0.05, 0.1) is 0 Å². The van der Waals surface area contributed by atoms with Crippen LogP contribution in [0, 0.1) is 13.8 Å². The average Bonchev–Trinajstić information content (AvgIpc) is 2.41. The molecule has 0 heterocycles. The van der Waals surface area contributed by atoms with Crippen LogP contribution in [-0.4, -0.2) is 0 Å². The Morgan fingerprint density at radius 3 is 2.23 bits per heavy atom. The molecule has 1 heteroatoms. The molecule has 0 fully saturated rings. The molecule has 0 saturated heterocycles. The van der Waals surface area contributed by atoms with Crippen molar-refractivity contribution in [2.24, 2.45) is 0 Å². The fourth-order valence-electron chi connectivity index (χ4n) is 1.90. The van der Waals surface area contributed by atoms with Gasteiger partial charge in [-0.3, -0.25) is 0 Å². The fourth-order valence-corrected chi connectivity index (χ4v) is 1.90. The van der Waals surface area contributed by atoms with Crippen LogP contribution in [0.1, 0.15) is 29.2 Å². The van der Waals surface area contributed by atoms with Crippen LogP contribution < -0.4 is 0 Å². The second kappa shape index (κ2) is 3.91. The molecule has 0 spiro atoms. The van der Waals surface area contributed by atoms with Crippen LogP contribution in [0.2, 0.25) is 0 Å². The SMILES string of the molecule is CC1=Cc2c(C)ccc(C)c2C1.[Hf]. The van der Waals surface area contributed by atoms with Crippen molar-refractivity contribution in [3.8, 4) is 0 Å². The molecule has 0 saturated carbocycles. The van der Waals surface area contributed by atoms with Gasteiger partial charge in [-0.25, -0.2) is 0 Å². The molecule has 0 amide bonds. The summed E-state index contributed by atoms with van der Waals surface area (Å²) < 4.78 is 0. The third kappa shape index (κ3) is 1.85. The van der Waals surface area contributed by atoms with Gasteiger partial charge in [-0.15, -0.1) is 0 Å². The molecule has 0 atom stereocenters. The van der Waals surface area contributed by atoms with Crippen LogP contribution >= 0.6 is 0 Å². The minimum Gasteiger partial charge on any atom is -0.0683 e. The van der Waals surface area contributed by atoms with E-state index in [1.165, 1.54) is 27.8 Å². The van der Waals surface area contributed by atoms with Crippen molar-refractivity contribution < 1.29 is 25.8 Å². The Morgan fingerprint density at radius 2 is 1.62 bits per heavy atom. The Morgan fingerprint density at radius 1 is 1.00 bits per heavy atom. The van der Waals surface area contributed by atoms with E-state index in [-0.39, 0.29) is 25.8 Å². The number of allylic oxidation sites excluding steroid dienone is 1. The largest absolute Gasteiger partial charge is 0.0683 e. The van der Waals surface area contributed by atoms with Crippen molar-refractivity contribution in [2.75, 3.05) is 0 Å². The Bertz CT molecular complexity index is 362. The molecule has 0 aliphatic heterocycles. The monoisotopic (exact) mass is 338 g/mol. The fraction of sp³-hybridized carbons (Fsp3) is 0.333. The summed E-state index contributed by atoms with van der Waals surface area (Å²) in [7, 11) is 0. The maximum atomic E-state index is 2.32. The Balaban J connectivity index is 0.000000845. The molecule has 1 aromatic rings. The first kappa shape index (κ1) is 10.9. The average molecular weight is 337 g/mol. The molecule has 13 heavy (non-hydrogen) atoms. The normalized spacial score (nSPS) is 13.3. The van der Waals surface area contributed by atoms with E-state index in [1.54, 1.807) is 0 Å². The van der Waals surface area contributed by atoms with Gasteiger partial charge in [0.25, 0.3) is 0 Å². The van der Waals surface area contributed by atoms with Crippen molar-refractivity contribution in [1.82, 2.24) is 0 Å². The maximum absolute atomic E-state index is 2.32. The second-order valence-electron chi connectivity index (χ2n) is 3.76. The molecule has 1 aliphatic carbocycles. The van der Waals surface area contributed by atoms with Crippen LogP contribution in [0.25, 0.3) is 6.08 Å². The van der Waals surface area contributed by atoms with Gasteiger partial charge < -0.3 is 0 Å². The Hall–Kier alpha value is -0.170. The second-order valence-corrected chi connectivity index (χ2v) is 3.76. The molecule has 0 unspecified atom stereocenters. The van der Waals surface area contributed by atoms with E-state index in [0.717, 1.165) is 6.42 Å². The molecule has 0 radical (unpaired) electrons. The molecule has 1 aromatic carbocycles. The van der Waals surface area contributed by atoms with Crippen LogP contribution in [0.4, 0.5) is 0 Å². The van der Waals surface area contributed by atoms with Gasteiger partial charge in [0.15, 0.2) is 0 Å². The van der Waals surface area contributed by atoms with Crippen molar-refractivity contribution in [1.29, 1.82) is 0 Å². The zero-order chi connectivity index (χ0) is 8.72. The Kier molecular flexibility index (Phi) is 3.28. The van der Waals surface area contributed by atoms with Gasteiger partial charge in [-0.2, -0.15) is 0 Å². The smallest absolute Gasteiger partial charge is 0 e. The van der Waals surface area contributed by atoms with Crippen LogP contribution in [0.5, 0.6) is 0 Å². The van der Waals surface area contributed by atoms with Crippen LogP contribution in [0.15, 0.2) is 17.7 Å². The summed E-state index contributed by atoms with van der Waals surface area (Å²) >= 11 is 0. The molecule has 0 nitrogen and oxygen atoms in total. The molecule has 2 rings (SSSR count). The number of hydrogen-bond donors (Lipinski definition) is 0. The van der Waals surface area contributed by atoms with Gasteiger partial charge >= 0.3 is 0 Å². The minimum atomic E-state index is 0. The van der Waals surface area contributed by atoms with Crippen molar-refractivity contribution >= 4 is 6.08 Å². The topological polar surface area (TPSA) is 0 Å². The van der Waals surface area contributed by atoms with Crippen molar-refractivity contribution in [3.63, 3.8) is 0 Å². The Labute approximate surface area is 98.8 Å². The quantitative estimate of drug-likeness (QED) is 0.638. The van der Waals surface area contributed by atoms with Crippen molar-refractivity contribution in [3.05, 3.63) is 40.0 Å². The number of rotatable bonds is 0. The summed E-state index contributed by atoms with van der Waals surface area (Å²) in [4.78, 5) is 0. The molecule has 66 valence electrons. The third-order valence-corrected chi connectivity index (χ3v) is 2.66. The summed E-state index contributed by atoms with van der Waals surface area (Å²) in [5.74, 6) is 0. The summed E-state index contributed by atoms with van der Waals surface area (Å²) in [6.45, 7) is 6.59. The molecule has 0 N–H and O–H groups in total. The maximum Gasteiger partial charge on any atom is 0 e. The summed E-state index contributed by atoms with van der Waals surface area (Å²) in [5.41, 5.74) is 7.33. The van der Waals surface area contributed by atoms with E-state index >= 15 is 0 Å². The number of fused-ring (bicyclic) bond motifs is 1. The van der Waals surface area contributed by atoms with E-state index in [0.29, 0.717) is 0 Å². The van der Waals surface area contributed by atoms with Gasteiger partial charge in [0, 0.05) is 25.8 Å². The number of hydrogen-bond acceptors (Lipinski definition) is 0. The van der Waals surface area contributed by atoms with Crippen molar-refractivity contribution in [2.45, 2.75) is 27.2 Å². The first-order valence-electron chi connectivity index (χ1n) is 4.45. The predicted molar refractivity (Wildman–Crippen MR) is 53.3 cm³/mol. The molecule has 1 aliphatic rings. The van der Waals surface area contributed by atoms with Gasteiger partial charge in [0.2, 0.25) is 0 Å². The third-order valence-electron chi connectivity index (χ3n) is 2.66. The summed E-state index contributed by atoms with van der Waals surface area (Å²) in [6, 6.07) is 4.43. The summed E-state index contributed by atoms with van der Waals surface area (Å²) in [5, 5.41) is 0. The van der Waals surface area contributed by atoms with Crippen LogP contribution in [-0.2, 0) is 32.3 Å². The van der Waals surface area contributed by atoms with Crippen LogP contribution in [0.3, 0.4) is 0 Å². The first-order valence-corrected chi connectivity index (χ1v) is 4.45. The van der Waals surface area contributed by atoms with Gasteiger partial charge in [-0.05, 0) is 49.4 Å². The van der Waals surface area contributed by atoms with E-state index < -0.39 is 0 Å². The number of benzene rings is 1. The predicted octanol–water partition coefficient (Wildman–Crippen LogP) is 3.26. The molecule has 0 bridgehead atoms. The molecule has 0 aromatic heterocycles. The van der Waals surface area contributed by atoms with E-state index in [1.807, 2.05) is 0 Å². The van der Waals surface area contributed by atoms with Gasteiger partial charge in [0.1, 0.15) is 0 Å². The van der Waals surface area contributed by atoms with Gasteiger partial charge in [-0.1, -0.05) is 23.8 Å².